The normalized spacial score (nSPS) is 10.4. The highest BCUT2D eigenvalue weighted by Crippen LogP contribution is 2.22. The summed E-state index contributed by atoms with van der Waals surface area (Å²) in [5.41, 5.74) is 0.830. The molecule has 0 bridgehead atoms. The molecule has 0 radical (unpaired) electrons. The van der Waals surface area contributed by atoms with Crippen LogP contribution in [0.5, 0.6) is 0 Å². The molecule has 0 atom stereocenters. The molecule has 0 saturated carbocycles. The van der Waals surface area contributed by atoms with Gasteiger partial charge < -0.3 is 0 Å². The van der Waals surface area contributed by atoms with Gasteiger partial charge in [0, 0.05) is 28.2 Å². The summed E-state index contributed by atoms with van der Waals surface area (Å²) >= 11 is 10.9. The van der Waals surface area contributed by atoms with Crippen molar-refractivity contribution in [3.8, 4) is 0 Å². The third-order valence-corrected chi connectivity index (χ3v) is 4.33. The van der Waals surface area contributed by atoms with Crippen LogP contribution in [0.2, 0.25) is 5.02 Å². The zero-order chi connectivity index (χ0) is 13.7. The van der Waals surface area contributed by atoms with Crippen LogP contribution in [0.25, 0.3) is 0 Å². The van der Waals surface area contributed by atoms with E-state index >= 15 is 0 Å². The summed E-state index contributed by atoms with van der Waals surface area (Å²) in [6.07, 6.45) is 3.56. The van der Waals surface area contributed by atoms with Crippen molar-refractivity contribution < 1.29 is 4.79 Å². The Kier molecular flexibility index (Phi) is 5.43. The number of halogens is 2. The van der Waals surface area contributed by atoms with Crippen molar-refractivity contribution in [3.05, 3.63) is 57.8 Å². The summed E-state index contributed by atoms with van der Waals surface area (Å²) in [5, 5.41) is 0.545. The lowest BCUT2D eigenvalue weighted by molar-refractivity contribution is -0.116. The molecule has 2 nitrogen and oxygen atoms in total. The van der Waals surface area contributed by atoms with E-state index in [-0.39, 0.29) is 5.78 Å². The minimum absolute atomic E-state index is 0.151. The van der Waals surface area contributed by atoms with Crippen molar-refractivity contribution in [2.45, 2.75) is 11.3 Å². The highest BCUT2D eigenvalue weighted by molar-refractivity contribution is 9.10. The number of pyridine rings is 1. The summed E-state index contributed by atoms with van der Waals surface area (Å²) < 4.78 is 1.02. The number of nitrogens with zero attached hydrogens (tertiary/aromatic N) is 1. The van der Waals surface area contributed by atoms with E-state index in [1.807, 2.05) is 24.3 Å². The fraction of sp³-hybridized carbons (Fsp3) is 0.143. The molecule has 0 fully saturated rings. The Hall–Kier alpha value is -0.840. The van der Waals surface area contributed by atoms with E-state index in [0.29, 0.717) is 17.2 Å². The van der Waals surface area contributed by atoms with Crippen LogP contribution in [0, 0.1) is 0 Å². The Morgan fingerprint density at radius 3 is 2.95 bits per heavy atom. The summed E-state index contributed by atoms with van der Waals surface area (Å²) in [5.74, 6) is 0.591. The zero-order valence-corrected chi connectivity index (χ0v) is 13.1. The topological polar surface area (TPSA) is 30.0 Å². The molecule has 1 aromatic carbocycles. The van der Waals surface area contributed by atoms with Crippen LogP contribution in [-0.4, -0.2) is 16.5 Å². The van der Waals surface area contributed by atoms with Gasteiger partial charge in [-0.05, 0) is 29.8 Å². The van der Waals surface area contributed by atoms with Gasteiger partial charge in [-0.25, -0.2) is 0 Å². The van der Waals surface area contributed by atoms with Crippen LogP contribution < -0.4 is 0 Å². The molecule has 0 N–H and O–H groups in total. The summed E-state index contributed by atoms with van der Waals surface area (Å²) in [6, 6.07) is 9.68. The first-order valence-electron chi connectivity index (χ1n) is 5.63. The van der Waals surface area contributed by atoms with E-state index in [1.165, 1.54) is 11.8 Å². The van der Waals surface area contributed by atoms with E-state index in [1.54, 1.807) is 18.5 Å². The van der Waals surface area contributed by atoms with Gasteiger partial charge in [0.05, 0.1) is 10.8 Å². The maximum absolute atomic E-state index is 11.9. The van der Waals surface area contributed by atoms with Gasteiger partial charge in [0.15, 0.2) is 0 Å². The van der Waals surface area contributed by atoms with Crippen LogP contribution in [-0.2, 0) is 11.2 Å². The molecule has 0 aliphatic carbocycles. The van der Waals surface area contributed by atoms with E-state index in [4.69, 9.17) is 11.6 Å². The summed E-state index contributed by atoms with van der Waals surface area (Å²) in [4.78, 5) is 16.9. The van der Waals surface area contributed by atoms with Crippen molar-refractivity contribution in [2.75, 3.05) is 5.75 Å². The molecular formula is C14H11BrClNOS. The van der Waals surface area contributed by atoms with Gasteiger partial charge >= 0.3 is 0 Å². The monoisotopic (exact) mass is 355 g/mol. The molecule has 0 saturated heterocycles. The van der Waals surface area contributed by atoms with Crippen molar-refractivity contribution in [1.29, 1.82) is 0 Å². The number of aromatic nitrogens is 1. The number of thioether (sulfide) groups is 1. The number of benzene rings is 1. The molecule has 1 heterocycles. The standard InChI is InChI=1S/C14H11BrClNOS/c15-11-2-1-3-13(7-11)19-9-12(18)6-10-4-5-17-8-14(10)16/h1-5,7-8H,6,9H2. The van der Waals surface area contributed by atoms with Crippen molar-refractivity contribution >= 4 is 45.1 Å². The van der Waals surface area contributed by atoms with Crippen LogP contribution in [0.1, 0.15) is 5.56 Å². The molecule has 5 heteroatoms. The number of hydrogen-bond acceptors (Lipinski definition) is 3. The number of carbonyl (C=O) groups is 1. The lowest BCUT2D eigenvalue weighted by Crippen LogP contribution is -2.06. The molecular weight excluding hydrogens is 346 g/mol. The van der Waals surface area contributed by atoms with E-state index in [9.17, 15) is 4.79 Å². The zero-order valence-electron chi connectivity index (χ0n) is 9.98. The molecule has 0 amide bonds. The Morgan fingerprint density at radius 1 is 1.37 bits per heavy atom. The first-order valence-corrected chi connectivity index (χ1v) is 7.79. The minimum atomic E-state index is 0.151. The lowest BCUT2D eigenvalue weighted by Gasteiger charge is -2.04. The van der Waals surface area contributed by atoms with Crippen LogP contribution in [0.15, 0.2) is 52.1 Å². The summed E-state index contributed by atoms with van der Waals surface area (Å²) in [6.45, 7) is 0. The van der Waals surface area contributed by atoms with Gasteiger partial charge in [-0.2, -0.15) is 0 Å². The predicted molar refractivity (Wildman–Crippen MR) is 82.8 cm³/mol. The fourth-order valence-corrected chi connectivity index (χ4v) is 3.08. The van der Waals surface area contributed by atoms with Crippen molar-refractivity contribution in [3.63, 3.8) is 0 Å². The predicted octanol–water partition coefficient (Wildman–Crippen LogP) is 4.40. The van der Waals surface area contributed by atoms with Crippen LogP contribution in [0.3, 0.4) is 0 Å². The Labute approximate surface area is 129 Å². The lowest BCUT2D eigenvalue weighted by atomic mass is 10.1. The third kappa shape index (κ3) is 4.64. The molecule has 2 rings (SSSR count). The molecule has 0 aliphatic rings. The molecule has 98 valence electrons. The van der Waals surface area contributed by atoms with E-state index in [2.05, 4.69) is 20.9 Å². The Morgan fingerprint density at radius 2 is 2.21 bits per heavy atom. The van der Waals surface area contributed by atoms with Gasteiger partial charge in [-0.1, -0.05) is 33.6 Å². The van der Waals surface area contributed by atoms with Gasteiger partial charge in [-0.15, -0.1) is 11.8 Å². The second-order valence-corrected chi connectivity index (χ2v) is 6.30. The maximum atomic E-state index is 11.9. The Balaban J connectivity index is 1.90. The number of Topliss-reactive ketones (excluding diaryl/α,β-unsaturated/α-hetero) is 1. The number of carbonyl (C=O) groups excluding carboxylic acids is 1. The largest absolute Gasteiger partial charge is 0.298 e. The van der Waals surface area contributed by atoms with Crippen LogP contribution in [0.4, 0.5) is 0 Å². The van der Waals surface area contributed by atoms with Crippen LogP contribution >= 0.6 is 39.3 Å². The Bertz CT molecular complexity index is 591. The van der Waals surface area contributed by atoms with Gasteiger partial charge in [0.1, 0.15) is 5.78 Å². The molecule has 0 unspecified atom stereocenters. The molecule has 2 aromatic rings. The minimum Gasteiger partial charge on any atom is -0.298 e. The van der Waals surface area contributed by atoms with E-state index in [0.717, 1.165) is 14.9 Å². The average Bonchev–Trinajstić information content (AvgIpc) is 2.39. The fourth-order valence-electron chi connectivity index (χ4n) is 1.53. The van der Waals surface area contributed by atoms with Gasteiger partial charge in [0.2, 0.25) is 0 Å². The average molecular weight is 357 g/mol. The molecule has 1 aromatic heterocycles. The smallest absolute Gasteiger partial charge is 0.147 e. The van der Waals surface area contributed by atoms with Gasteiger partial charge in [0.25, 0.3) is 0 Å². The quantitative estimate of drug-likeness (QED) is 0.744. The molecule has 19 heavy (non-hydrogen) atoms. The first kappa shape index (κ1) is 14.6. The SMILES string of the molecule is O=C(CSc1cccc(Br)c1)Cc1ccncc1Cl. The number of ketones is 1. The third-order valence-electron chi connectivity index (χ3n) is 2.44. The first-order chi connectivity index (χ1) is 9.15. The second-order valence-electron chi connectivity index (χ2n) is 3.93. The van der Waals surface area contributed by atoms with E-state index < -0.39 is 0 Å². The number of hydrogen-bond donors (Lipinski definition) is 0. The highest BCUT2D eigenvalue weighted by atomic mass is 79.9. The second kappa shape index (κ2) is 7.08. The van der Waals surface area contributed by atoms with Crippen molar-refractivity contribution in [1.82, 2.24) is 4.98 Å². The highest BCUT2D eigenvalue weighted by Gasteiger charge is 2.08. The maximum Gasteiger partial charge on any atom is 0.147 e. The van der Waals surface area contributed by atoms with Crippen molar-refractivity contribution in [2.24, 2.45) is 0 Å². The summed E-state index contributed by atoms with van der Waals surface area (Å²) in [7, 11) is 0. The molecule has 0 aliphatic heterocycles. The molecule has 0 spiro atoms. The van der Waals surface area contributed by atoms with Gasteiger partial charge in [-0.3, -0.25) is 9.78 Å². The number of rotatable bonds is 5.